The van der Waals surface area contributed by atoms with Crippen LogP contribution in [0.4, 0.5) is 0 Å². The minimum atomic E-state index is 0.860. The predicted octanol–water partition coefficient (Wildman–Crippen LogP) is 2.39. The fourth-order valence-corrected chi connectivity index (χ4v) is 2.05. The van der Waals surface area contributed by atoms with E-state index in [4.69, 9.17) is 0 Å². The van der Waals surface area contributed by atoms with Crippen molar-refractivity contribution in [3.8, 4) is 0 Å². The quantitative estimate of drug-likeness (QED) is 0.790. The fraction of sp³-hybridized carbons (Fsp3) is 0.400. The van der Waals surface area contributed by atoms with E-state index in [1.54, 1.807) is 0 Å². The Morgan fingerprint density at radius 3 is 2.89 bits per heavy atom. The molecule has 1 heterocycles. The number of aromatic nitrogens is 2. The van der Waals surface area contributed by atoms with Crippen LogP contribution < -0.4 is 5.32 Å². The highest BCUT2D eigenvalue weighted by atomic mass is 15.3. The number of hydrogen-bond donors (Lipinski definition) is 1. The third-order valence-electron chi connectivity index (χ3n) is 3.17. The van der Waals surface area contributed by atoms with Crippen molar-refractivity contribution in [1.29, 1.82) is 0 Å². The average Bonchev–Trinajstić information content (AvgIpc) is 2.80. The van der Waals surface area contributed by atoms with Gasteiger partial charge in [-0.3, -0.25) is 4.68 Å². The van der Waals surface area contributed by atoms with E-state index in [0.29, 0.717) is 0 Å². The largest absolute Gasteiger partial charge is 0.320 e. The van der Waals surface area contributed by atoms with E-state index in [1.807, 2.05) is 17.9 Å². The molecule has 0 bridgehead atoms. The van der Waals surface area contributed by atoms with Crippen LogP contribution in [0.2, 0.25) is 0 Å². The molecule has 0 fully saturated rings. The Balaban J connectivity index is 1.96. The van der Waals surface area contributed by atoms with E-state index < -0.39 is 0 Å². The third-order valence-corrected chi connectivity index (χ3v) is 3.17. The van der Waals surface area contributed by atoms with Crippen LogP contribution in [-0.2, 0) is 13.0 Å². The van der Waals surface area contributed by atoms with Gasteiger partial charge in [-0.1, -0.05) is 24.3 Å². The van der Waals surface area contributed by atoms with Gasteiger partial charge in [-0.2, -0.15) is 5.10 Å². The molecule has 2 rings (SSSR count). The van der Waals surface area contributed by atoms with Gasteiger partial charge < -0.3 is 5.32 Å². The maximum atomic E-state index is 4.43. The Hall–Kier alpha value is -1.61. The normalized spacial score (nSPS) is 10.8. The third kappa shape index (κ3) is 3.44. The van der Waals surface area contributed by atoms with Crippen molar-refractivity contribution in [1.82, 2.24) is 15.1 Å². The average molecular weight is 243 g/mol. The summed E-state index contributed by atoms with van der Waals surface area (Å²) >= 11 is 0. The molecule has 0 aliphatic rings. The highest BCUT2D eigenvalue weighted by molar-refractivity contribution is 5.25. The van der Waals surface area contributed by atoms with Gasteiger partial charge in [0.25, 0.3) is 0 Å². The van der Waals surface area contributed by atoms with Crippen LogP contribution in [0, 0.1) is 6.92 Å². The molecule has 0 unspecified atom stereocenters. The molecule has 0 atom stereocenters. The summed E-state index contributed by atoms with van der Waals surface area (Å²) in [7, 11) is 1.99. The zero-order valence-corrected chi connectivity index (χ0v) is 11.2. The van der Waals surface area contributed by atoms with Gasteiger partial charge in [0, 0.05) is 6.20 Å². The van der Waals surface area contributed by atoms with Crippen LogP contribution in [0.5, 0.6) is 0 Å². The highest BCUT2D eigenvalue weighted by Crippen LogP contribution is 2.10. The minimum absolute atomic E-state index is 0.860. The number of nitrogens with zero attached hydrogens (tertiary/aromatic N) is 2. The van der Waals surface area contributed by atoms with Gasteiger partial charge in [0.05, 0.1) is 12.7 Å². The molecule has 0 aliphatic carbocycles. The second kappa shape index (κ2) is 6.36. The first-order valence-electron chi connectivity index (χ1n) is 6.50. The number of hydrogen-bond acceptors (Lipinski definition) is 2. The highest BCUT2D eigenvalue weighted by Gasteiger charge is 2.01. The van der Waals surface area contributed by atoms with E-state index >= 15 is 0 Å². The summed E-state index contributed by atoms with van der Waals surface area (Å²) in [5, 5.41) is 7.59. The Kier molecular flexibility index (Phi) is 4.53. The van der Waals surface area contributed by atoms with Gasteiger partial charge in [-0.05, 0) is 50.0 Å². The lowest BCUT2D eigenvalue weighted by atomic mass is 10.1. The molecule has 1 N–H and O–H groups in total. The van der Waals surface area contributed by atoms with Crippen LogP contribution in [0.25, 0.3) is 0 Å². The molecule has 0 radical (unpaired) electrons. The summed E-state index contributed by atoms with van der Waals surface area (Å²) in [4.78, 5) is 0. The van der Waals surface area contributed by atoms with Crippen molar-refractivity contribution >= 4 is 0 Å². The first-order valence-corrected chi connectivity index (χ1v) is 6.50. The molecule has 3 nitrogen and oxygen atoms in total. The van der Waals surface area contributed by atoms with Crippen LogP contribution in [0.15, 0.2) is 36.7 Å². The number of nitrogens with one attached hydrogen (secondary N) is 1. The van der Waals surface area contributed by atoms with Gasteiger partial charge in [-0.15, -0.1) is 0 Å². The summed E-state index contributed by atoms with van der Waals surface area (Å²) in [6.07, 6.45) is 6.39. The van der Waals surface area contributed by atoms with Gasteiger partial charge >= 0.3 is 0 Å². The van der Waals surface area contributed by atoms with E-state index in [2.05, 4.69) is 47.8 Å². The molecule has 0 saturated heterocycles. The second-order valence-corrected chi connectivity index (χ2v) is 4.68. The second-order valence-electron chi connectivity index (χ2n) is 4.68. The molecule has 0 amide bonds. The number of benzene rings is 1. The lowest BCUT2D eigenvalue weighted by Gasteiger charge is -2.05. The Morgan fingerprint density at radius 1 is 1.28 bits per heavy atom. The monoisotopic (exact) mass is 243 g/mol. The fourth-order valence-electron chi connectivity index (χ4n) is 2.05. The van der Waals surface area contributed by atoms with Crippen molar-refractivity contribution in [2.75, 3.05) is 13.6 Å². The van der Waals surface area contributed by atoms with Crippen LogP contribution in [0.3, 0.4) is 0 Å². The van der Waals surface area contributed by atoms with Gasteiger partial charge in [0.15, 0.2) is 0 Å². The van der Waals surface area contributed by atoms with Crippen molar-refractivity contribution in [2.45, 2.75) is 26.3 Å². The zero-order valence-electron chi connectivity index (χ0n) is 11.2. The van der Waals surface area contributed by atoms with Crippen molar-refractivity contribution in [2.24, 2.45) is 0 Å². The molecule has 1 aromatic heterocycles. The van der Waals surface area contributed by atoms with E-state index in [9.17, 15) is 0 Å². The predicted molar refractivity (Wildman–Crippen MR) is 74.8 cm³/mol. The van der Waals surface area contributed by atoms with Crippen LogP contribution in [0.1, 0.15) is 23.1 Å². The van der Waals surface area contributed by atoms with Crippen molar-refractivity contribution in [3.63, 3.8) is 0 Å². The smallest absolute Gasteiger partial charge is 0.0662 e. The molecule has 0 saturated carbocycles. The molecule has 96 valence electrons. The molecule has 1 aromatic carbocycles. The van der Waals surface area contributed by atoms with Crippen molar-refractivity contribution < 1.29 is 0 Å². The minimum Gasteiger partial charge on any atom is -0.320 e. The Bertz CT molecular complexity index is 488. The maximum Gasteiger partial charge on any atom is 0.0662 e. The van der Waals surface area contributed by atoms with Gasteiger partial charge in [0.1, 0.15) is 0 Å². The van der Waals surface area contributed by atoms with E-state index in [1.165, 1.54) is 16.7 Å². The molecule has 2 aromatic rings. The summed E-state index contributed by atoms with van der Waals surface area (Å²) < 4.78 is 2.02. The number of aryl methyl sites for hydroxylation is 2. The zero-order chi connectivity index (χ0) is 12.8. The summed E-state index contributed by atoms with van der Waals surface area (Å²) in [5.74, 6) is 0. The van der Waals surface area contributed by atoms with Crippen LogP contribution >= 0.6 is 0 Å². The van der Waals surface area contributed by atoms with Gasteiger partial charge in [-0.25, -0.2) is 0 Å². The summed E-state index contributed by atoms with van der Waals surface area (Å²) in [6.45, 7) is 4.06. The van der Waals surface area contributed by atoms with Crippen LogP contribution in [-0.4, -0.2) is 23.4 Å². The Labute approximate surface area is 109 Å². The molecule has 18 heavy (non-hydrogen) atoms. The summed E-state index contributed by atoms with van der Waals surface area (Å²) in [6, 6.07) is 8.47. The van der Waals surface area contributed by atoms with Gasteiger partial charge in [0.2, 0.25) is 0 Å². The summed E-state index contributed by atoms with van der Waals surface area (Å²) in [5.41, 5.74) is 3.98. The number of rotatable bonds is 6. The SMILES string of the molecule is CNCCCc1cnn(Cc2ccccc2C)c1. The van der Waals surface area contributed by atoms with E-state index in [0.717, 1.165) is 25.9 Å². The standard InChI is InChI=1S/C15H21N3/c1-13-6-3-4-8-15(13)12-18-11-14(10-17-18)7-5-9-16-2/h3-4,6,8,10-11,16H,5,7,9,12H2,1-2H3. The van der Waals surface area contributed by atoms with Crippen molar-refractivity contribution in [3.05, 3.63) is 53.3 Å². The molecule has 3 heteroatoms. The molecule has 0 aliphatic heterocycles. The molecule has 0 spiro atoms. The lowest BCUT2D eigenvalue weighted by Crippen LogP contribution is -2.08. The first kappa shape index (κ1) is 12.8. The first-order chi connectivity index (χ1) is 8.79. The Morgan fingerprint density at radius 2 is 2.11 bits per heavy atom. The molecular weight excluding hydrogens is 222 g/mol. The molecular formula is C15H21N3. The lowest BCUT2D eigenvalue weighted by molar-refractivity contribution is 0.681. The topological polar surface area (TPSA) is 29.9 Å². The maximum absolute atomic E-state index is 4.43. The van der Waals surface area contributed by atoms with E-state index in [-0.39, 0.29) is 0 Å².